The lowest BCUT2D eigenvalue weighted by Crippen LogP contribution is -2.32. The molecule has 3 nitrogen and oxygen atoms in total. The molecule has 0 atom stereocenters. The Morgan fingerprint density at radius 1 is 1.29 bits per heavy atom. The summed E-state index contributed by atoms with van der Waals surface area (Å²) in [5.74, 6) is -0.320. The molecule has 2 N–H and O–H groups in total. The third kappa shape index (κ3) is 5.13. The van der Waals surface area contributed by atoms with Gasteiger partial charge >= 0.3 is 0 Å². The van der Waals surface area contributed by atoms with E-state index in [0.717, 1.165) is 4.88 Å². The molecule has 2 aromatic rings. The Bertz CT molecular complexity index is 684. The summed E-state index contributed by atoms with van der Waals surface area (Å²) in [6.07, 6.45) is 3.13. The van der Waals surface area contributed by atoms with Crippen LogP contribution in [0.3, 0.4) is 0 Å². The van der Waals surface area contributed by atoms with E-state index in [9.17, 15) is 4.79 Å². The maximum absolute atomic E-state index is 11.7. The molecule has 0 aliphatic carbocycles. The van der Waals surface area contributed by atoms with E-state index >= 15 is 0 Å². The van der Waals surface area contributed by atoms with Crippen molar-refractivity contribution in [3.63, 3.8) is 0 Å². The molecular formula is C14H10Cl2N2OS2. The van der Waals surface area contributed by atoms with E-state index in [0.29, 0.717) is 15.7 Å². The zero-order valence-corrected chi connectivity index (χ0v) is 13.7. The lowest BCUT2D eigenvalue weighted by molar-refractivity contribution is -0.115. The molecule has 0 saturated heterocycles. The minimum absolute atomic E-state index is 0.153. The number of thiocarbonyl (C=S) groups is 1. The Morgan fingerprint density at radius 2 is 2.10 bits per heavy atom. The van der Waals surface area contributed by atoms with Crippen molar-refractivity contribution in [3.05, 3.63) is 56.7 Å². The van der Waals surface area contributed by atoms with Gasteiger partial charge in [0.2, 0.25) is 5.91 Å². The normalized spacial score (nSPS) is 10.6. The highest BCUT2D eigenvalue weighted by atomic mass is 35.5. The van der Waals surface area contributed by atoms with Crippen molar-refractivity contribution in [1.29, 1.82) is 0 Å². The van der Waals surface area contributed by atoms with Crippen LogP contribution in [0.4, 0.5) is 5.69 Å². The van der Waals surface area contributed by atoms with Crippen LogP contribution < -0.4 is 10.6 Å². The number of anilines is 1. The molecule has 0 bridgehead atoms. The molecule has 0 unspecified atom stereocenters. The first-order chi connectivity index (χ1) is 10.0. The van der Waals surface area contributed by atoms with Crippen LogP contribution in [0.1, 0.15) is 4.88 Å². The summed E-state index contributed by atoms with van der Waals surface area (Å²) in [6.45, 7) is 0. The molecule has 1 aromatic heterocycles. The van der Waals surface area contributed by atoms with Gasteiger partial charge in [0.15, 0.2) is 5.11 Å². The molecule has 0 fully saturated rings. The molecule has 2 rings (SSSR count). The van der Waals surface area contributed by atoms with Gasteiger partial charge in [0.25, 0.3) is 0 Å². The fourth-order valence-electron chi connectivity index (χ4n) is 1.44. The van der Waals surface area contributed by atoms with Crippen LogP contribution in [0.2, 0.25) is 10.0 Å². The molecule has 108 valence electrons. The number of thiophene rings is 1. The number of rotatable bonds is 3. The number of benzene rings is 1. The maximum Gasteiger partial charge on any atom is 0.250 e. The molecule has 1 heterocycles. The van der Waals surface area contributed by atoms with Gasteiger partial charge in [0, 0.05) is 16.0 Å². The van der Waals surface area contributed by atoms with Gasteiger partial charge in [-0.25, -0.2) is 0 Å². The number of nitrogens with one attached hydrogen (secondary N) is 2. The highest BCUT2D eigenvalue weighted by Gasteiger charge is 2.05. The van der Waals surface area contributed by atoms with Crippen LogP contribution in [-0.2, 0) is 4.79 Å². The predicted octanol–water partition coefficient (Wildman–Crippen LogP) is 4.58. The minimum Gasteiger partial charge on any atom is -0.331 e. The van der Waals surface area contributed by atoms with E-state index in [1.54, 1.807) is 35.6 Å². The number of hydrogen-bond donors (Lipinski definition) is 2. The van der Waals surface area contributed by atoms with Crippen LogP contribution in [0.15, 0.2) is 41.8 Å². The van der Waals surface area contributed by atoms with E-state index in [1.807, 2.05) is 17.5 Å². The third-order valence-corrected chi connectivity index (χ3v) is 3.96. The predicted molar refractivity (Wildman–Crippen MR) is 94.2 cm³/mol. The molecule has 7 heteroatoms. The van der Waals surface area contributed by atoms with Gasteiger partial charge in [0.1, 0.15) is 0 Å². The van der Waals surface area contributed by atoms with Crippen molar-refractivity contribution in [2.75, 3.05) is 5.32 Å². The monoisotopic (exact) mass is 356 g/mol. The van der Waals surface area contributed by atoms with Gasteiger partial charge in [0.05, 0.1) is 10.7 Å². The highest BCUT2D eigenvalue weighted by molar-refractivity contribution is 7.80. The first-order valence-electron chi connectivity index (χ1n) is 5.83. The average Bonchev–Trinajstić information content (AvgIpc) is 2.94. The number of carbonyl (C=O) groups is 1. The van der Waals surface area contributed by atoms with Crippen molar-refractivity contribution in [3.8, 4) is 0 Å². The van der Waals surface area contributed by atoms with Gasteiger partial charge in [-0.05, 0) is 47.9 Å². The topological polar surface area (TPSA) is 41.1 Å². The van der Waals surface area contributed by atoms with Gasteiger partial charge in [-0.3, -0.25) is 10.1 Å². The van der Waals surface area contributed by atoms with E-state index in [1.165, 1.54) is 6.08 Å². The maximum atomic E-state index is 11.7. The van der Waals surface area contributed by atoms with Crippen LogP contribution in [0.5, 0.6) is 0 Å². The Morgan fingerprint density at radius 3 is 2.81 bits per heavy atom. The molecule has 21 heavy (non-hydrogen) atoms. The Kier molecular flexibility index (Phi) is 5.76. The summed E-state index contributed by atoms with van der Waals surface area (Å²) in [5, 5.41) is 8.44. The van der Waals surface area contributed by atoms with Crippen molar-refractivity contribution in [1.82, 2.24) is 5.32 Å². The van der Waals surface area contributed by atoms with Crippen LogP contribution in [-0.4, -0.2) is 11.0 Å². The lowest BCUT2D eigenvalue weighted by atomic mass is 10.3. The first kappa shape index (κ1) is 16.0. The zero-order valence-electron chi connectivity index (χ0n) is 10.6. The summed E-state index contributed by atoms with van der Waals surface area (Å²) in [5.41, 5.74) is 0.539. The average molecular weight is 357 g/mol. The fourth-order valence-corrected chi connectivity index (χ4v) is 2.61. The molecule has 1 aromatic carbocycles. The van der Waals surface area contributed by atoms with Crippen molar-refractivity contribution in [2.45, 2.75) is 0 Å². The van der Waals surface area contributed by atoms with Crippen molar-refractivity contribution in [2.24, 2.45) is 0 Å². The molecule has 0 radical (unpaired) electrons. The van der Waals surface area contributed by atoms with Gasteiger partial charge in [-0.2, -0.15) is 0 Å². The zero-order chi connectivity index (χ0) is 15.2. The second-order valence-corrected chi connectivity index (χ2v) is 6.15. The van der Waals surface area contributed by atoms with Gasteiger partial charge in [-0.15, -0.1) is 11.3 Å². The van der Waals surface area contributed by atoms with E-state index in [2.05, 4.69) is 10.6 Å². The number of carbonyl (C=O) groups excluding carboxylic acids is 1. The SMILES string of the molecule is O=C(C=Cc1cccs1)NC(=S)Nc1cc(Cl)ccc1Cl. The third-order valence-electron chi connectivity index (χ3n) is 2.36. The quantitative estimate of drug-likeness (QED) is 0.624. The Labute approximate surface area is 141 Å². The largest absolute Gasteiger partial charge is 0.331 e. The Hall–Kier alpha value is -1.40. The summed E-state index contributed by atoms with van der Waals surface area (Å²) < 4.78 is 0. The van der Waals surface area contributed by atoms with Crippen LogP contribution in [0, 0.1) is 0 Å². The molecular weight excluding hydrogens is 347 g/mol. The number of hydrogen-bond acceptors (Lipinski definition) is 3. The fraction of sp³-hybridized carbons (Fsp3) is 0. The first-order valence-corrected chi connectivity index (χ1v) is 7.87. The molecule has 0 spiro atoms. The van der Waals surface area contributed by atoms with Crippen molar-refractivity contribution < 1.29 is 4.79 Å². The molecule has 0 aliphatic rings. The van der Waals surface area contributed by atoms with Gasteiger partial charge in [-0.1, -0.05) is 29.3 Å². The number of halogens is 2. The molecule has 0 aliphatic heterocycles. The second kappa shape index (κ2) is 7.56. The smallest absolute Gasteiger partial charge is 0.250 e. The second-order valence-electron chi connectivity index (χ2n) is 3.92. The van der Waals surface area contributed by atoms with E-state index in [-0.39, 0.29) is 11.0 Å². The Balaban J connectivity index is 1.92. The lowest BCUT2D eigenvalue weighted by Gasteiger charge is -2.09. The highest BCUT2D eigenvalue weighted by Crippen LogP contribution is 2.25. The summed E-state index contributed by atoms with van der Waals surface area (Å²) in [7, 11) is 0. The minimum atomic E-state index is -0.320. The van der Waals surface area contributed by atoms with E-state index in [4.69, 9.17) is 35.4 Å². The van der Waals surface area contributed by atoms with Crippen LogP contribution in [0.25, 0.3) is 6.08 Å². The summed E-state index contributed by atoms with van der Waals surface area (Å²) >= 11 is 18.5. The summed E-state index contributed by atoms with van der Waals surface area (Å²) in [6, 6.07) is 8.77. The molecule has 1 amide bonds. The standard InChI is InChI=1S/C14H10Cl2N2OS2/c15-9-3-5-11(16)12(8-9)17-14(20)18-13(19)6-4-10-2-1-7-21-10/h1-8H,(H2,17,18,19,20). The van der Waals surface area contributed by atoms with Crippen LogP contribution >= 0.6 is 46.8 Å². The van der Waals surface area contributed by atoms with E-state index < -0.39 is 0 Å². The summed E-state index contributed by atoms with van der Waals surface area (Å²) in [4.78, 5) is 12.7. The van der Waals surface area contributed by atoms with Gasteiger partial charge < -0.3 is 5.32 Å². The number of amides is 1. The van der Waals surface area contributed by atoms with Crippen molar-refractivity contribution >= 4 is 69.5 Å². The molecule has 0 saturated carbocycles.